The van der Waals surface area contributed by atoms with Crippen LogP contribution in [0.25, 0.3) is 0 Å². The number of nitrogens with zero attached hydrogens (tertiary/aromatic N) is 1. The molecule has 2 unspecified atom stereocenters. The van der Waals surface area contributed by atoms with Crippen LogP contribution in [-0.2, 0) is 4.74 Å². The molecule has 2 heterocycles. The van der Waals surface area contributed by atoms with E-state index >= 15 is 0 Å². The summed E-state index contributed by atoms with van der Waals surface area (Å²) < 4.78 is 5.51. The molecule has 1 aliphatic rings. The van der Waals surface area contributed by atoms with E-state index in [1.54, 1.807) is 0 Å². The summed E-state index contributed by atoms with van der Waals surface area (Å²) in [7, 11) is 0. The summed E-state index contributed by atoms with van der Waals surface area (Å²) in [6, 6.07) is 4.23. The number of hydrogen-bond donors (Lipinski definition) is 0. The van der Waals surface area contributed by atoms with Gasteiger partial charge in [0.2, 0.25) is 0 Å². The van der Waals surface area contributed by atoms with E-state index < -0.39 is 0 Å². The molecule has 1 aromatic rings. The van der Waals surface area contributed by atoms with Crippen molar-refractivity contribution in [2.45, 2.75) is 31.8 Å². The summed E-state index contributed by atoms with van der Waals surface area (Å²) in [5, 5.41) is 0. The van der Waals surface area contributed by atoms with E-state index in [0.29, 0.717) is 12.0 Å². The SMILES string of the molecule is CC1CC(c2ccncc2)CCO1. The van der Waals surface area contributed by atoms with Gasteiger partial charge in [-0.25, -0.2) is 0 Å². The third kappa shape index (κ3) is 2.07. The van der Waals surface area contributed by atoms with Crippen LogP contribution >= 0.6 is 0 Å². The third-order valence-electron chi connectivity index (χ3n) is 2.66. The quantitative estimate of drug-likeness (QED) is 0.657. The number of rotatable bonds is 1. The van der Waals surface area contributed by atoms with Crippen LogP contribution in [0.2, 0.25) is 0 Å². The molecule has 1 aromatic heterocycles. The molecule has 0 aromatic carbocycles. The lowest BCUT2D eigenvalue weighted by atomic mass is 9.90. The Morgan fingerprint density at radius 2 is 2.15 bits per heavy atom. The molecule has 70 valence electrons. The molecule has 2 heteroatoms. The Kier molecular flexibility index (Phi) is 2.60. The van der Waals surface area contributed by atoms with E-state index in [0.717, 1.165) is 19.4 Å². The van der Waals surface area contributed by atoms with Crippen molar-refractivity contribution < 1.29 is 4.74 Å². The summed E-state index contributed by atoms with van der Waals surface area (Å²) in [6.45, 7) is 3.04. The molecule has 1 fully saturated rings. The third-order valence-corrected chi connectivity index (χ3v) is 2.66. The summed E-state index contributed by atoms with van der Waals surface area (Å²) in [5.41, 5.74) is 1.41. The van der Waals surface area contributed by atoms with Crippen molar-refractivity contribution in [1.29, 1.82) is 0 Å². The normalized spacial score (nSPS) is 28.7. The van der Waals surface area contributed by atoms with E-state index in [9.17, 15) is 0 Å². The second-order valence-electron chi connectivity index (χ2n) is 3.68. The zero-order chi connectivity index (χ0) is 9.10. The van der Waals surface area contributed by atoms with E-state index in [2.05, 4.69) is 24.0 Å². The Morgan fingerprint density at radius 3 is 2.85 bits per heavy atom. The highest BCUT2D eigenvalue weighted by Crippen LogP contribution is 2.29. The molecule has 0 bridgehead atoms. The van der Waals surface area contributed by atoms with Crippen molar-refractivity contribution >= 4 is 0 Å². The standard InChI is InChI=1S/C11H15NO/c1-9-8-11(4-7-13-9)10-2-5-12-6-3-10/h2-3,5-6,9,11H,4,7-8H2,1H3. The highest BCUT2D eigenvalue weighted by molar-refractivity contribution is 5.16. The van der Waals surface area contributed by atoms with Gasteiger partial charge in [0.25, 0.3) is 0 Å². The zero-order valence-corrected chi connectivity index (χ0v) is 7.94. The topological polar surface area (TPSA) is 22.1 Å². The van der Waals surface area contributed by atoms with Crippen molar-refractivity contribution in [3.63, 3.8) is 0 Å². The molecule has 13 heavy (non-hydrogen) atoms. The first-order chi connectivity index (χ1) is 6.36. The molecule has 0 saturated carbocycles. The number of ether oxygens (including phenoxy) is 1. The lowest BCUT2D eigenvalue weighted by Crippen LogP contribution is -2.21. The van der Waals surface area contributed by atoms with Gasteiger partial charge in [0.05, 0.1) is 6.10 Å². The van der Waals surface area contributed by atoms with Crippen molar-refractivity contribution in [3.05, 3.63) is 30.1 Å². The average molecular weight is 177 g/mol. The Balaban J connectivity index is 2.08. The second kappa shape index (κ2) is 3.88. The molecule has 0 spiro atoms. The molecule has 1 aliphatic heterocycles. The van der Waals surface area contributed by atoms with Gasteiger partial charge in [-0.3, -0.25) is 4.98 Å². The maximum atomic E-state index is 5.51. The van der Waals surface area contributed by atoms with Crippen LogP contribution in [0, 0.1) is 0 Å². The van der Waals surface area contributed by atoms with Gasteiger partial charge in [-0.2, -0.15) is 0 Å². The Bertz CT molecular complexity index is 260. The monoisotopic (exact) mass is 177 g/mol. The molecule has 0 radical (unpaired) electrons. The molecule has 2 atom stereocenters. The lowest BCUT2D eigenvalue weighted by molar-refractivity contribution is 0.0186. The van der Waals surface area contributed by atoms with Gasteiger partial charge in [0, 0.05) is 19.0 Å². The van der Waals surface area contributed by atoms with Crippen LogP contribution < -0.4 is 0 Å². The summed E-state index contributed by atoms with van der Waals surface area (Å²) in [5.74, 6) is 0.673. The Morgan fingerprint density at radius 1 is 1.38 bits per heavy atom. The van der Waals surface area contributed by atoms with Crippen LogP contribution in [0.3, 0.4) is 0 Å². The van der Waals surface area contributed by atoms with Gasteiger partial charge in [0.1, 0.15) is 0 Å². The predicted octanol–water partition coefficient (Wildman–Crippen LogP) is 2.36. The van der Waals surface area contributed by atoms with E-state index in [-0.39, 0.29) is 0 Å². The number of hydrogen-bond acceptors (Lipinski definition) is 2. The minimum Gasteiger partial charge on any atom is -0.378 e. The first-order valence-electron chi connectivity index (χ1n) is 4.88. The lowest BCUT2D eigenvalue weighted by Gasteiger charge is -2.27. The molecular formula is C11H15NO. The maximum Gasteiger partial charge on any atom is 0.0552 e. The highest BCUT2D eigenvalue weighted by Gasteiger charge is 2.20. The van der Waals surface area contributed by atoms with Gasteiger partial charge in [-0.1, -0.05) is 0 Å². The van der Waals surface area contributed by atoms with E-state index in [4.69, 9.17) is 4.74 Å². The van der Waals surface area contributed by atoms with Gasteiger partial charge in [-0.05, 0) is 43.4 Å². The van der Waals surface area contributed by atoms with Crippen LogP contribution in [0.5, 0.6) is 0 Å². The minimum atomic E-state index is 0.409. The van der Waals surface area contributed by atoms with Gasteiger partial charge < -0.3 is 4.74 Å². The average Bonchev–Trinajstić information content (AvgIpc) is 2.19. The van der Waals surface area contributed by atoms with Crippen LogP contribution in [0.4, 0.5) is 0 Å². The predicted molar refractivity (Wildman–Crippen MR) is 51.6 cm³/mol. The number of aromatic nitrogens is 1. The smallest absolute Gasteiger partial charge is 0.0552 e. The molecule has 0 aliphatic carbocycles. The Labute approximate surface area is 78.9 Å². The highest BCUT2D eigenvalue weighted by atomic mass is 16.5. The Hall–Kier alpha value is -0.890. The fourth-order valence-corrected chi connectivity index (χ4v) is 1.94. The molecule has 0 amide bonds. The molecule has 2 rings (SSSR count). The molecular weight excluding hydrogens is 162 g/mol. The van der Waals surface area contributed by atoms with Crippen molar-refractivity contribution in [3.8, 4) is 0 Å². The van der Waals surface area contributed by atoms with Crippen molar-refractivity contribution in [1.82, 2.24) is 4.98 Å². The summed E-state index contributed by atoms with van der Waals surface area (Å²) >= 11 is 0. The van der Waals surface area contributed by atoms with E-state index in [1.807, 2.05) is 12.4 Å². The van der Waals surface area contributed by atoms with E-state index in [1.165, 1.54) is 5.56 Å². The molecule has 0 N–H and O–H groups in total. The first-order valence-corrected chi connectivity index (χ1v) is 4.88. The number of pyridine rings is 1. The zero-order valence-electron chi connectivity index (χ0n) is 7.94. The van der Waals surface area contributed by atoms with Gasteiger partial charge in [-0.15, -0.1) is 0 Å². The largest absolute Gasteiger partial charge is 0.378 e. The van der Waals surface area contributed by atoms with Crippen molar-refractivity contribution in [2.75, 3.05) is 6.61 Å². The van der Waals surface area contributed by atoms with Crippen LogP contribution in [0.1, 0.15) is 31.2 Å². The van der Waals surface area contributed by atoms with Gasteiger partial charge in [0.15, 0.2) is 0 Å². The maximum absolute atomic E-state index is 5.51. The fraction of sp³-hybridized carbons (Fsp3) is 0.545. The summed E-state index contributed by atoms with van der Waals surface area (Å²) in [6.07, 6.45) is 6.44. The van der Waals surface area contributed by atoms with Crippen LogP contribution in [-0.4, -0.2) is 17.7 Å². The molecule has 1 saturated heterocycles. The first kappa shape index (κ1) is 8.70. The molecule has 2 nitrogen and oxygen atoms in total. The summed E-state index contributed by atoms with van der Waals surface area (Å²) in [4.78, 5) is 4.03. The second-order valence-corrected chi connectivity index (χ2v) is 3.68. The minimum absolute atomic E-state index is 0.409. The van der Waals surface area contributed by atoms with Gasteiger partial charge >= 0.3 is 0 Å². The van der Waals surface area contributed by atoms with Crippen molar-refractivity contribution in [2.24, 2.45) is 0 Å². The fourth-order valence-electron chi connectivity index (χ4n) is 1.94. The van der Waals surface area contributed by atoms with Crippen LogP contribution in [0.15, 0.2) is 24.5 Å².